The van der Waals surface area contributed by atoms with Crippen LogP contribution in [-0.4, -0.2) is 72.9 Å². The van der Waals surface area contributed by atoms with Gasteiger partial charge in [0.15, 0.2) is 0 Å². The van der Waals surface area contributed by atoms with E-state index in [4.69, 9.17) is 0 Å². The minimum absolute atomic E-state index is 0.0317. The van der Waals surface area contributed by atoms with E-state index in [1.807, 2.05) is 25.1 Å². The van der Waals surface area contributed by atoms with Crippen molar-refractivity contribution in [3.8, 4) is 0 Å². The van der Waals surface area contributed by atoms with Crippen LogP contribution in [0.5, 0.6) is 0 Å². The number of aliphatic hydroxyl groups excluding tert-OH is 1. The number of carbonyl (C=O) groups is 1. The molecule has 1 aromatic carbocycles. The predicted octanol–water partition coefficient (Wildman–Crippen LogP) is 3.54. The van der Waals surface area contributed by atoms with E-state index in [9.17, 15) is 18.3 Å². The Balaban J connectivity index is 1.52. The van der Waals surface area contributed by atoms with Gasteiger partial charge in [0.2, 0.25) is 5.91 Å². The molecule has 2 aromatic heterocycles. The summed E-state index contributed by atoms with van der Waals surface area (Å²) in [6, 6.07) is 10.8. The summed E-state index contributed by atoms with van der Waals surface area (Å²) in [7, 11) is -2.10. The molecule has 3 aromatic rings. The number of hydrogen-bond donors (Lipinski definition) is 2. The number of hydrogen-bond acceptors (Lipinski definition) is 7. The van der Waals surface area contributed by atoms with Crippen LogP contribution in [0.3, 0.4) is 0 Å². The Hall–Kier alpha value is -2.34. The summed E-state index contributed by atoms with van der Waals surface area (Å²) in [5.74, 6) is 0.0317. The van der Waals surface area contributed by atoms with Gasteiger partial charge in [0.25, 0.3) is 10.0 Å². The summed E-state index contributed by atoms with van der Waals surface area (Å²) in [6.45, 7) is 3.50. The van der Waals surface area contributed by atoms with Gasteiger partial charge in [-0.05, 0) is 30.0 Å². The number of H-pyrrole nitrogens is 1. The Morgan fingerprint density at radius 1 is 1.26 bits per heavy atom. The first-order chi connectivity index (χ1) is 16.3. The van der Waals surface area contributed by atoms with Crippen molar-refractivity contribution < 1.29 is 18.3 Å². The highest BCUT2D eigenvalue weighted by Crippen LogP contribution is 2.34. The van der Waals surface area contributed by atoms with E-state index in [1.165, 1.54) is 15.6 Å². The maximum Gasteiger partial charge on any atom is 0.273 e. The SMILES string of the molecule is CCCN(CCO)C(=O)CC1CN=C(c2cc3cccc(N(C)S(=O)(=O)c4cccs4)c3[nH]2)S1. The average molecular weight is 521 g/mol. The molecule has 1 aliphatic rings. The molecular weight excluding hydrogens is 492 g/mol. The average Bonchev–Trinajstić information content (AvgIpc) is 3.58. The number of sulfonamides is 1. The number of thiophene rings is 1. The second-order valence-electron chi connectivity index (χ2n) is 8.02. The summed E-state index contributed by atoms with van der Waals surface area (Å²) in [4.78, 5) is 22.4. The third-order valence-electron chi connectivity index (χ3n) is 5.65. The summed E-state index contributed by atoms with van der Waals surface area (Å²) in [5.41, 5.74) is 2.09. The topological polar surface area (TPSA) is 106 Å². The first-order valence-corrected chi connectivity index (χ1v) is 14.3. The number of aliphatic hydroxyl groups is 1. The Morgan fingerprint density at radius 3 is 2.79 bits per heavy atom. The number of fused-ring (bicyclic) bond motifs is 1. The van der Waals surface area contributed by atoms with E-state index >= 15 is 0 Å². The van der Waals surface area contributed by atoms with Gasteiger partial charge in [0.1, 0.15) is 9.25 Å². The van der Waals surface area contributed by atoms with Crippen LogP contribution in [0.25, 0.3) is 10.9 Å². The molecule has 3 heterocycles. The molecule has 1 atom stereocenters. The Labute approximate surface area is 207 Å². The number of benzene rings is 1. The highest BCUT2D eigenvalue weighted by molar-refractivity contribution is 8.15. The zero-order chi connectivity index (χ0) is 24.3. The lowest BCUT2D eigenvalue weighted by atomic mass is 10.2. The molecule has 1 unspecified atom stereocenters. The summed E-state index contributed by atoms with van der Waals surface area (Å²) < 4.78 is 27.7. The molecule has 2 N–H and O–H groups in total. The van der Waals surface area contributed by atoms with Crippen LogP contribution in [-0.2, 0) is 14.8 Å². The highest BCUT2D eigenvalue weighted by atomic mass is 32.2. The lowest BCUT2D eigenvalue weighted by Crippen LogP contribution is -2.35. The minimum atomic E-state index is -3.65. The molecule has 0 spiro atoms. The largest absolute Gasteiger partial charge is 0.395 e. The van der Waals surface area contributed by atoms with Crippen LogP contribution in [0.4, 0.5) is 5.69 Å². The van der Waals surface area contributed by atoms with Crippen molar-refractivity contribution in [3.05, 3.63) is 47.5 Å². The van der Waals surface area contributed by atoms with Crippen molar-refractivity contribution in [2.24, 2.45) is 4.99 Å². The van der Waals surface area contributed by atoms with Crippen LogP contribution in [0, 0.1) is 0 Å². The van der Waals surface area contributed by atoms with Gasteiger partial charge < -0.3 is 15.0 Å². The monoisotopic (exact) mass is 520 g/mol. The van der Waals surface area contributed by atoms with Gasteiger partial charge in [-0.2, -0.15) is 0 Å². The summed E-state index contributed by atoms with van der Waals surface area (Å²) in [5, 5.41) is 12.7. The first-order valence-electron chi connectivity index (χ1n) is 11.1. The first kappa shape index (κ1) is 24.8. The van der Waals surface area contributed by atoms with E-state index in [0.717, 1.165) is 28.1 Å². The molecule has 0 radical (unpaired) electrons. The highest BCUT2D eigenvalue weighted by Gasteiger charge is 2.28. The van der Waals surface area contributed by atoms with Crippen LogP contribution < -0.4 is 4.31 Å². The van der Waals surface area contributed by atoms with Gasteiger partial charge in [-0.15, -0.1) is 11.3 Å². The van der Waals surface area contributed by atoms with Crippen LogP contribution in [0.2, 0.25) is 0 Å². The lowest BCUT2D eigenvalue weighted by Gasteiger charge is -2.22. The standard InChI is InChI=1S/C23H28N4O4S3/c1-3-9-27(10-11-28)20(29)14-17-15-24-23(33-17)18-13-16-6-4-7-19(22(16)25-18)26(2)34(30,31)21-8-5-12-32-21/h4-8,12-13,17,25,28H,3,9-11,14-15H2,1-2H3. The molecule has 0 saturated heterocycles. The molecule has 11 heteroatoms. The minimum Gasteiger partial charge on any atom is -0.395 e. The number of para-hydroxylation sites is 1. The van der Waals surface area contributed by atoms with Crippen molar-refractivity contribution in [1.82, 2.24) is 9.88 Å². The lowest BCUT2D eigenvalue weighted by molar-refractivity contribution is -0.131. The maximum absolute atomic E-state index is 13.0. The normalized spacial score (nSPS) is 16.1. The molecule has 0 aliphatic carbocycles. The predicted molar refractivity (Wildman–Crippen MR) is 140 cm³/mol. The molecular formula is C23H28N4O4S3. The second-order valence-corrected chi connectivity index (χ2v) is 12.5. The van der Waals surface area contributed by atoms with Crippen LogP contribution in [0.1, 0.15) is 25.5 Å². The van der Waals surface area contributed by atoms with Crippen molar-refractivity contribution in [2.45, 2.75) is 29.2 Å². The van der Waals surface area contributed by atoms with E-state index in [-0.39, 0.29) is 17.8 Å². The number of carbonyl (C=O) groups excluding carboxylic acids is 1. The Bertz CT molecular complexity index is 1280. The van der Waals surface area contributed by atoms with E-state index < -0.39 is 10.0 Å². The molecule has 4 rings (SSSR count). The Morgan fingerprint density at radius 2 is 2.09 bits per heavy atom. The van der Waals surface area contributed by atoms with Crippen molar-refractivity contribution >= 4 is 60.7 Å². The number of amides is 1. The molecule has 8 nitrogen and oxygen atoms in total. The second kappa shape index (κ2) is 10.5. The molecule has 1 amide bonds. The maximum atomic E-state index is 13.0. The zero-order valence-electron chi connectivity index (χ0n) is 19.1. The van der Waals surface area contributed by atoms with Gasteiger partial charge in [0, 0.05) is 37.2 Å². The number of rotatable bonds is 10. The van der Waals surface area contributed by atoms with E-state index in [2.05, 4.69) is 9.98 Å². The molecule has 1 aliphatic heterocycles. The number of aromatic nitrogens is 1. The van der Waals surface area contributed by atoms with Gasteiger partial charge in [-0.3, -0.25) is 14.1 Å². The summed E-state index contributed by atoms with van der Waals surface area (Å²) >= 11 is 2.75. The van der Waals surface area contributed by atoms with Crippen molar-refractivity contribution in [1.29, 1.82) is 0 Å². The molecule has 0 saturated carbocycles. The smallest absolute Gasteiger partial charge is 0.273 e. The number of nitrogens with one attached hydrogen (secondary N) is 1. The molecule has 34 heavy (non-hydrogen) atoms. The quantitative estimate of drug-likeness (QED) is 0.425. The number of anilines is 1. The van der Waals surface area contributed by atoms with Crippen LogP contribution in [0.15, 0.2) is 51.0 Å². The fourth-order valence-electron chi connectivity index (χ4n) is 3.94. The van der Waals surface area contributed by atoms with Gasteiger partial charge in [-0.25, -0.2) is 8.42 Å². The van der Waals surface area contributed by atoms with Crippen LogP contribution >= 0.6 is 23.1 Å². The third kappa shape index (κ3) is 5.02. The molecule has 0 fully saturated rings. The molecule has 0 bridgehead atoms. The molecule has 182 valence electrons. The fourth-order valence-corrected chi connectivity index (χ4v) is 7.39. The van der Waals surface area contributed by atoms with E-state index in [0.29, 0.717) is 36.0 Å². The van der Waals surface area contributed by atoms with Gasteiger partial charge in [0.05, 0.1) is 30.0 Å². The number of thioether (sulfide) groups is 1. The van der Waals surface area contributed by atoms with Crippen molar-refractivity contribution in [2.75, 3.05) is 37.6 Å². The number of aromatic amines is 1. The number of nitrogens with zero attached hydrogens (tertiary/aromatic N) is 3. The fraction of sp³-hybridized carbons (Fsp3) is 0.391. The zero-order valence-corrected chi connectivity index (χ0v) is 21.5. The van der Waals surface area contributed by atoms with Gasteiger partial charge in [-0.1, -0.05) is 36.9 Å². The van der Waals surface area contributed by atoms with Crippen molar-refractivity contribution in [3.63, 3.8) is 0 Å². The Kier molecular flexibility index (Phi) is 7.66. The third-order valence-corrected chi connectivity index (χ3v) is 10.0. The summed E-state index contributed by atoms with van der Waals surface area (Å²) in [6.07, 6.45) is 1.21. The van der Waals surface area contributed by atoms with Gasteiger partial charge >= 0.3 is 0 Å². The van der Waals surface area contributed by atoms with E-state index in [1.54, 1.807) is 47.3 Å². The number of aliphatic imine (C=N–C) groups is 1.